The number of carbonyl (C=O) groups is 1. The SMILES string of the molecule is NC(=O)c1ccc2oc(=O)cc(-c3ccc(C4CCCCC4)cc3)c2c1. The topological polar surface area (TPSA) is 73.3 Å². The highest BCUT2D eigenvalue weighted by molar-refractivity contribution is 6.00. The molecule has 0 saturated heterocycles. The number of nitrogens with two attached hydrogens (primary N) is 1. The average Bonchev–Trinajstić information content (AvgIpc) is 2.67. The van der Waals surface area contributed by atoms with Crippen molar-refractivity contribution in [3.63, 3.8) is 0 Å². The Kier molecular flexibility index (Phi) is 4.33. The predicted octanol–water partition coefficient (Wildman–Crippen LogP) is 4.61. The molecule has 1 aliphatic carbocycles. The molecule has 132 valence electrons. The molecule has 2 N–H and O–H groups in total. The summed E-state index contributed by atoms with van der Waals surface area (Å²) in [6.45, 7) is 0. The molecule has 3 aromatic rings. The first kappa shape index (κ1) is 16.6. The Labute approximate surface area is 151 Å². The number of hydrogen-bond acceptors (Lipinski definition) is 3. The molecule has 1 aromatic heterocycles. The normalized spacial score (nSPS) is 15.2. The van der Waals surface area contributed by atoms with Crippen LogP contribution in [0.2, 0.25) is 0 Å². The van der Waals surface area contributed by atoms with Crippen LogP contribution in [0.25, 0.3) is 22.1 Å². The zero-order chi connectivity index (χ0) is 18.1. The summed E-state index contributed by atoms with van der Waals surface area (Å²) in [5, 5.41) is 0.714. The number of benzene rings is 2. The molecule has 4 nitrogen and oxygen atoms in total. The zero-order valence-corrected chi connectivity index (χ0v) is 14.5. The first-order valence-corrected chi connectivity index (χ1v) is 9.10. The van der Waals surface area contributed by atoms with E-state index in [1.54, 1.807) is 18.2 Å². The van der Waals surface area contributed by atoms with Crippen LogP contribution in [-0.2, 0) is 0 Å². The molecular formula is C22H21NO3. The van der Waals surface area contributed by atoms with Crippen molar-refractivity contribution in [3.8, 4) is 11.1 Å². The molecule has 0 radical (unpaired) electrons. The van der Waals surface area contributed by atoms with E-state index in [1.165, 1.54) is 43.7 Å². The predicted molar refractivity (Wildman–Crippen MR) is 102 cm³/mol. The van der Waals surface area contributed by atoms with Gasteiger partial charge in [-0.1, -0.05) is 43.5 Å². The summed E-state index contributed by atoms with van der Waals surface area (Å²) in [4.78, 5) is 23.5. The second-order valence-corrected chi connectivity index (χ2v) is 7.01. The monoisotopic (exact) mass is 347 g/mol. The van der Waals surface area contributed by atoms with Gasteiger partial charge in [-0.25, -0.2) is 4.79 Å². The molecule has 1 amide bonds. The minimum absolute atomic E-state index is 0.395. The zero-order valence-electron chi connectivity index (χ0n) is 14.5. The lowest BCUT2D eigenvalue weighted by molar-refractivity contribution is 0.100. The number of amides is 1. The third-order valence-corrected chi connectivity index (χ3v) is 5.33. The van der Waals surface area contributed by atoms with Crippen molar-refractivity contribution in [3.05, 3.63) is 70.1 Å². The number of carbonyl (C=O) groups excluding carboxylic acids is 1. The van der Waals surface area contributed by atoms with Crippen molar-refractivity contribution in [1.29, 1.82) is 0 Å². The van der Waals surface area contributed by atoms with Gasteiger partial charge in [0.25, 0.3) is 0 Å². The molecule has 0 bridgehead atoms. The maximum absolute atomic E-state index is 12.0. The van der Waals surface area contributed by atoms with Gasteiger partial charge in [-0.2, -0.15) is 0 Å². The van der Waals surface area contributed by atoms with Gasteiger partial charge in [-0.05, 0) is 53.6 Å². The van der Waals surface area contributed by atoms with Gasteiger partial charge in [0.2, 0.25) is 5.91 Å². The summed E-state index contributed by atoms with van der Waals surface area (Å²) < 4.78 is 5.27. The van der Waals surface area contributed by atoms with Crippen molar-refractivity contribution >= 4 is 16.9 Å². The van der Waals surface area contributed by atoms with Gasteiger partial charge >= 0.3 is 5.63 Å². The van der Waals surface area contributed by atoms with E-state index in [0.29, 0.717) is 22.5 Å². The van der Waals surface area contributed by atoms with Gasteiger partial charge in [0, 0.05) is 17.0 Å². The molecule has 0 atom stereocenters. The highest BCUT2D eigenvalue weighted by atomic mass is 16.4. The van der Waals surface area contributed by atoms with Crippen molar-refractivity contribution in [2.75, 3.05) is 0 Å². The number of primary amides is 1. The highest BCUT2D eigenvalue weighted by Gasteiger charge is 2.16. The van der Waals surface area contributed by atoms with Gasteiger partial charge in [-0.15, -0.1) is 0 Å². The lowest BCUT2D eigenvalue weighted by Crippen LogP contribution is -2.10. The molecule has 1 fully saturated rings. The Morgan fingerprint density at radius 1 is 0.962 bits per heavy atom. The van der Waals surface area contributed by atoms with E-state index >= 15 is 0 Å². The first-order valence-electron chi connectivity index (χ1n) is 9.10. The molecule has 4 rings (SSSR count). The summed E-state index contributed by atoms with van der Waals surface area (Å²) in [6, 6.07) is 14.8. The fraction of sp³-hybridized carbons (Fsp3) is 0.273. The quantitative estimate of drug-likeness (QED) is 0.703. The fourth-order valence-electron chi connectivity index (χ4n) is 3.93. The van der Waals surface area contributed by atoms with Crippen molar-refractivity contribution in [2.45, 2.75) is 38.0 Å². The summed E-state index contributed by atoms with van der Waals surface area (Å²) in [5.74, 6) is 0.133. The van der Waals surface area contributed by atoms with Gasteiger partial charge in [0.05, 0.1) is 0 Å². The van der Waals surface area contributed by atoms with Crippen molar-refractivity contribution < 1.29 is 9.21 Å². The van der Waals surface area contributed by atoms with Crippen molar-refractivity contribution in [1.82, 2.24) is 0 Å². The fourth-order valence-corrected chi connectivity index (χ4v) is 3.93. The average molecular weight is 347 g/mol. The van der Waals surface area contributed by atoms with E-state index in [-0.39, 0.29) is 0 Å². The Bertz CT molecular complexity index is 1010. The lowest BCUT2D eigenvalue weighted by atomic mass is 9.83. The maximum atomic E-state index is 12.0. The molecule has 4 heteroatoms. The molecule has 26 heavy (non-hydrogen) atoms. The molecule has 1 aliphatic rings. The number of fused-ring (bicyclic) bond motifs is 1. The maximum Gasteiger partial charge on any atom is 0.336 e. The Morgan fingerprint density at radius 3 is 2.38 bits per heavy atom. The summed E-state index contributed by atoms with van der Waals surface area (Å²) in [5.41, 5.74) is 8.89. The van der Waals surface area contributed by atoms with Crippen LogP contribution < -0.4 is 11.4 Å². The van der Waals surface area contributed by atoms with Gasteiger partial charge < -0.3 is 10.2 Å². The lowest BCUT2D eigenvalue weighted by Gasteiger charge is -2.22. The van der Waals surface area contributed by atoms with Crippen LogP contribution in [0.15, 0.2) is 57.7 Å². The molecular weight excluding hydrogens is 326 g/mol. The van der Waals surface area contributed by atoms with Crippen LogP contribution in [0.5, 0.6) is 0 Å². The van der Waals surface area contributed by atoms with E-state index in [0.717, 1.165) is 11.1 Å². The Hall–Kier alpha value is -2.88. The van der Waals surface area contributed by atoms with Crippen LogP contribution in [-0.4, -0.2) is 5.91 Å². The molecule has 0 unspecified atom stereocenters. The highest BCUT2D eigenvalue weighted by Crippen LogP contribution is 2.34. The van der Waals surface area contributed by atoms with Crippen LogP contribution >= 0.6 is 0 Å². The van der Waals surface area contributed by atoms with E-state index in [4.69, 9.17) is 10.2 Å². The van der Waals surface area contributed by atoms with Crippen molar-refractivity contribution in [2.24, 2.45) is 5.73 Å². The summed E-state index contributed by atoms with van der Waals surface area (Å²) in [6.07, 6.45) is 6.43. The standard InChI is InChI=1S/C22H21NO3/c23-22(25)17-10-11-20-19(12-17)18(13-21(24)26-20)16-8-6-15(7-9-16)14-4-2-1-3-5-14/h6-14H,1-5H2,(H2,23,25). The molecule has 0 aliphatic heterocycles. The second kappa shape index (κ2) is 6.79. The number of hydrogen-bond donors (Lipinski definition) is 1. The van der Waals surface area contributed by atoms with Gasteiger partial charge in [0.15, 0.2) is 0 Å². The first-order chi connectivity index (χ1) is 12.6. The van der Waals surface area contributed by atoms with Crippen LogP contribution in [0, 0.1) is 0 Å². The van der Waals surface area contributed by atoms with E-state index < -0.39 is 11.5 Å². The van der Waals surface area contributed by atoms with Crippen LogP contribution in [0.1, 0.15) is 53.9 Å². The third kappa shape index (κ3) is 3.15. The Balaban J connectivity index is 1.78. The van der Waals surface area contributed by atoms with Crippen LogP contribution in [0.3, 0.4) is 0 Å². The van der Waals surface area contributed by atoms with Gasteiger partial charge in [-0.3, -0.25) is 4.79 Å². The number of rotatable bonds is 3. The summed E-state index contributed by atoms with van der Waals surface area (Å²) >= 11 is 0. The largest absolute Gasteiger partial charge is 0.423 e. The molecule has 2 aromatic carbocycles. The molecule has 1 heterocycles. The minimum Gasteiger partial charge on any atom is -0.423 e. The Morgan fingerprint density at radius 2 is 1.69 bits per heavy atom. The van der Waals surface area contributed by atoms with E-state index in [1.807, 2.05) is 0 Å². The smallest absolute Gasteiger partial charge is 0.336 e. The van der Waals surface area contributed by atoms with E-state index in [2.05, 4.69) is 24.3 Å². The second-order valence-electron chi connectivity index (χ2n) is 7.01. The van der Waals surface area contributed by atoms with Gasteiger partial charge in [0.1, 0.15) is 5.58 Å². The van der Waals surface area contributed by atoms with E-state index in [9.17, 15) is 9.59 Å². The summed E-state index contributed by atoms with van der Waals surface area (Å²) in [7, 11) is 0. The molecule has 0 spiro atoms. The third-order valence-electron chi connectivity index (χ3n) is 5.33. The minimum atomic E-state index is -0.503. The van der Waals surface area contributed by atoms with Crippen LogP contribution in [0.4, 0.5) is 0 Å². The molecule has 1 saturated carbocycles.